The van der Waals surface area contributed by atoms with Crippen molar-refractivity contribution in [1.29, 1.82) is 0 Å². The maximum Gasteiger partial charge on any atom is 0.352 e. The number of carbonyl (C=O) groups is 7. The molecule has 3 aliphatic heterocycles. The molecule has 2 unspecified atom stereocenters. The first-order valence-corrected chi connectivity index (χ1v) is 12.4. The van der Waals surface area contributed by atoms with Crippen LogP contribution in [0, 0.1) is 0 Å². The minimum absolute atomic E-state index is 0.0160. The number of benzene rings is 1. The van der Waals surface area contributed by atoms with Crippen LogP contribution in [0.4, 0.5) is 9.59 Å². The van der Waals surface area contributed by atoms with E-state index in [1.54, 1.807) is 30.3 Å². The molecule has 7 amide bonds. The zero-order valence-electron chi connectivity index (χ0n) is 20.0. The van der Waals surface area contributed by atoms with E-state index >= 15 is 0 Å². The minimum Gasteiger partial charge on any atom is -0.477 e. The Balaban J connectivity index is 1.50. The standard InChI is InChI=1S/C23H23N5O9S/c1-12(30)37-9-14-10-38-20-16(19(32)28(20)17(14)21(33)34)24-18(31)15(13-5-3-2-4-6-13)25-22(35)27-8-7-26(11-29)23(27)36/h2-6,11,15-16,20H,7-10H2,1H3,(H,24,31)(H,25,35)(H,33,34)/t15?,16?,20-/m0/s1. The summed E-state index contributed by atoms with van der Waals surface area (Å²) in [5.74, 6) is -3.25. The summed E-state index contributed by atoms with van der Waals surface area (Å²) in [5.41, 5.74) is 0.318. The van der Waals surface area contributed by atoms with E-state index in [1.807, 2.05) is 0 Å². The van der Waals surface area contributed by atoms with Crippen molar-refractivity contribution >= 4 is 54.0 Å². The van der Waals surface area contributed by atoms with Crippen molar-refractivity contribution in [2.24, 2.45) is 0 Å². The molecule has 2 saturated heterocycles. The Morgan fingerprint density at radius 2 is 1.89 bits per heavy atom. The lowest BCUT2D eigenvalue weighted by Gasteiger charge is -2.49. The molecule has 200 valence electrons. The number of imide groups is 2. The Bertz CT molecular complexity index is 1240. The SMILES string of the molecule is CC(=O)OCC1=C(C(=O)O)N2C(=O)C(NC(=O)C(NC(=O)N3CCN(C=O)C3=O)c3ccccc3)[C@@H]2SC1. The molecule has 0 aliphatic carbocycles. The van der Waals surface area contributed by atoms with Gasteiger partial charge in [-0.1, -0.05) is 30.3 Å². The molecule has 3 atom stereocenters. The fourth-order valence-corrected chi connectivity index (χ4v) is 5.53. The van der Waals surface area contributed by atoms with E-state index in [0.717, 1.165) is 14.7 Å². The molecule has 0 aromatic heterocycles. The van der Waals surface area contributed by atoms with Gasteiger partial charge in [-0.05, 0) is 5.56 Å². The molecule has 4 rings (SSSR count). The number of carboxylic acids is 1. The van der Waals surface area contributed by atoms with E-state index in [4.69, 9.17) is 4.74 Å². The van der Waals surface area contributed by atoms with E-state index in [2.05, 4.69) is 10.6 Å². The molecule has 0 bridgehead atoms. The number of carboxylic acid groups (broad SMARTS) is 1. The predicted molar refractivity (Wildman–Crippen MR) is 129 cm³/mol. The van der Waals surface area contributed by atoms with Gasteiger partial charge in [0.25, 0.3) is 5.91 Å². The van der Waals surface area contributed by atoms with Crippen molar-refractivity contribution < 1.29 is 43.4 Å². The number of rotatable bonds is 8. The van der Waals surface area contributed by atoms with Gasteiger partial charge in [0.05, 0.1) is 6.54 Å². The van der Waals surface area contributed by atoms with Crippen molar-refractivity contribution in [3.63, 3.8) is 0 Å². The van der Waals surface area contributed by atoms with Crippen molar-refractivity contribution in [1.82, 2.24) is 25.3 Å². The van der Waals surface area contributed by atoms with Gasteiger partial charge in [0.1, 0.15) is 29.8 Å². The van der Waals surface area contributed by atoms with Crippen LogP contribution in [0.15, 0.2) is 41.6 Å². The fraction of sp³-hybridized carbons (Fsp3) is 0.348. The van der Waals surface area contributed by atoms with E-state index in [1.165, 1.54) is 18.7 Å². The third kappa shape index (κ3) is 5.04. The normalized spacial score (nSPS) is 21.3. The number of thioether (sulfide) groups is 1. The highest BCUT2D eigenvalue weighted by Crippen LogP contribution is 2.40. The summed E-state index contributed by atoms with van der Waals surface area (Å²) in [6, 6.07) is 4.01. The second-order valence-corrected chi connectivity index (χ2v) is 9.56. The summed E-state index contributed by atoms with van der Waals surface area (Å²) < 4.78 is 4.91. The molecule has 3 N–H and O–H groups in total. The molecule has 38 heavy (non-hydrogen) atoms. The summed E-state index contributed by atoms with van der Waals surface area (Å²) in [6.07, 6.45) is 0.310. The number of β-lactam (4-membered cyclic amide) rings is 1. The van der Waals surface area contributed by atoms with Gasteiger partial charge in [-0.25, -0.2) is 19.3 Å². The maximum absolute atomic E-state index is 13.3. The van der Waals surface area contributed by atoms with E-state index in [-0.39, 0.29) is 36.7 Å². The van der Waals surface area contributed by atoms with Gasteiger partial charge in [-0.15, -0.1) is 11.8 Å². The number of urea groups is 2. The lowest BCUT2D eigenvalue weighted by Crippen LogP contribution is -2.71. The molecule has 3 aliphatic rings. The van der Waals surface area contributed by atoms with Crippen LogP contribution in [0.2, 0.25) is 0 Å². The number of aliphatic carboxylic acids is 1. The second-order valence-electron chi connectivity index (χ2n) is 8.46. The van der Waals surface area contributed by atoms with Gasteiger partial charge in [-0.2, -0.15) is 0 Å². The summed E-state index contributed by atoms with van der Waals surface area (Å²) >= 11 is 1.19. The smallest absolute Gasteiger partial charge is 0.352 e. The summed E-state index contributed by atoms with van der Waals surface area (Å²) in [5, 5.41) is 14.0. The van der Waals surface area contributed by atoms with Gasteiger partial charge in [0.2, 0.25) is 12.3 Å². The number of nitrogens with one attached hydrogen (secondary N) is 2. The summed E-state index contributed by atoms with van der Waals surface area (Å²) in [7, 11) is 0. The highest BCUT2D eigenvalue weighted by atomic mass is 32.2. The number of nitrogens with zero attached hydrogens (tertiary/aromatic N) is 3. The number of carbonyl (C=O) groups excluding carboxylic acids is 6. The Labute approximate surface area is 219 Å². The van der Waals surface area contributed by atoms with Crippen molar-refractivity contribution in [3.05, 3.63) is 47.2 Å². The van der Waals surface area contributed by atoms with Crippen LogP contribution < -0.4 is 10.6 Å². The van der Waals surface area contributed by atoms with Crippen LogP contribution in [0.3, 0.4) is 0 Å². The first-order valence-electron chi connectivity index (χ1n) is 11.4. The lowest BCUT2D eigenvalue weighted by molar-refractivity contribution is -0.151. The zero-order chi connectivity index (χ0) is 27.6. The van der Waals surface area contributed by atoms with E-state index in [0.29, 0.717) is 12.0 Å². The third-order valence-electron chi connectivity index (χ3n) is 6.07. The fourth-order valence-electron chi connectivity index (χ4n) is 4.21. The van der Waals surface area contributed by atoms with Crippen LogP contribution >= 0.6 is 11.8 Å². The van der Waals surface area contributed by atoms with Gasteiger partial charge < -0.3 is 20.5 Å². The Morgan fingerprint density at radius 1 is 1.18 bits per heavy atom. The number of hydrogen-bond donors (Lipinski definition) is 3. The third-order valence-corrected chi connectivity index (χ3v) is 7.41. The molecule has 0 spiro atoms. The van der Waals surface area contributed by atoms with Gasteiger partial charge in [0.15, 0.2) is 0 Å². The number of fused-ring (bicyclic) bond motifs is 1. The molecular formula is C23H23N5O9S. The van der Waals surface area contributed by atoms with Gasteiger partial charge in [-0.3, -0.25) is 29.0 Å². The minimum atomic E-state index is -1.37. The quantitative estimate of drug-likeness (QED) is 0.221. The second kappa shape index (κ2) is 10.9. The molecule has 2 fully saturated rings. The Morgan fingerprint density at radius 3 is 2.50 bits per heavy atom. The first-order chi connectivity index (χ1) is 18.1. The molecule has 3 heterocycles. The molecule has 1 aromatic rings. The van der Waals surface area contributed by atoms with Crippen LogP contribution in [-0.4, -0.2) is 98.9 Å². The molecular weight excluding hydrogens is 522 g/mol. The molecule has 0 radical (unpaired) electrons. The van der Waals surface area contributed by atoms with Crippen molar-refractivity contribution in [3.8, 4) is 0 Å². The lowest BCUT2D eigenvalue weighted by atomic mass is 10.0. The van der Waals surface area contributed by atoms with Gasteiger partial charge in [0, 0.05) is 24.8 Å². The summed E-state index contributed by atoms with van der Waals surface area (Å²) in [4.78, 5) is 88.0. The largest absolute Gasteiger partial charge is 0.477 e. The average Bonchev–Trinajstić information content (AvgIpc) is 3.28. The molecule has 1 aromatic carbocycles. The summed E-state index contributed by atoms with van der Waals surface area (Å²) in [6.45, 7) is 0.861. The topological polar surface area (TPSA) is 183 Å². The monoisotopic (exact) mass is 545 g/mol. The van der Waals surface area contributed by atoms with Crippen LogP contribution in [0.5, 0.6) is 0 Å². The highest BCUT2D eigenvalue weighted by Gasteiger charge is 2.54. The van der Waals surface area contributed by atoms with Crippen LogP contribution in [0.1, 0.15) is 18.5 Å². The van der Waals surface area contributed by atoms with Crippen LogP contribution in [-0.2, 0) is 28.7 Å². The number of amides is 7. The molecule has 14 nitrogen and oxygen atoms in total. The van der Waals surface area contributed by atoms with Crippen molar-refractivity contribution in [2.75, 3.05) is 25.4 Å². The zero-order valence-corrected chi connectivity index (χ0v) is 20.8. The Hall–Kier alpha value is -4.40. The predicted octanol–water partition coefficient (Wildman–Crippen LogP) is -0.367. The molecule has 0 saturated carbocycles. The maximum atomic E-state index is 13.3. The number of ether oxygens (including phenoxy) is 1. The average molecular weight is 546 g/mol. The van der Waals surface area contributed by atoms with Crippen molar-refractivity contribution in [2.45, 2.75) is 24.4 Å². The van der Waals surface area contributed by atoms with Gasteiger partial charge >= 0.3 is 24.0 Å². The number of hydrogen-bond acceptors (Lipinski definition) is 9. The number of esters is 1. The molecule has 15 heteroatoms. The van der Waals surface area contributed by atoms with E-state index in [9.17, 15) is 38.7 Å². The highest BCUT2D eigenvalue weighted by molar-refractivity contribution is 8.00. The van der Waals surface area contributed by atoms with Crippen LogP contribution in [0.25, 0.3) is 0 Å². The Kier molecular flexibility index (Phi) is 7.66. The van der Waals surface area contributed by atoms with E-state index < -0.39 is 53.3 Å². The first kappa shape index (κ1) is 26.7.